The largest absolute Gasteiger partial charge is 0.317 e. The van der Waals surface area contributed by atoms with Gasteiger partial charge in [-0.1, -0.05) is 19.3 Å². The van der Waals surface area contributed by atoms with E-state index in [1.54, 1.807) is 0 Å². The van der Waals surface area contributed by atoms with Gasteiger partial charge in [0.15, 0.2) is 0 Å². The zero-order chi connectivity index (χ0) is 10.7. The second kappa shape index (κ2) is 5.31. The minimum atomic E-state index is 0.771. The van der Waals surface area contributed by atoms with E-state index in [1.807, 2.05) is 0 Å². The standard InChI is InChI=1S/C13H26N2/c1-14-11-6-5-9-13(10-11)15(2)12-7-3-4-8-12/h11-14H,3-10H2,1-2H3. The van der Waals surface area contributed by atoms with E-state index in [4.69, 9.17) is 0 Å². The molecule has 0 saturated heterocycles. The van der Waals surface area contributed by atoms with Crippen LogP contribution in [0.3, 0.4) is 0 Å². The number of hydrogen-bond acceptors (Lipinski definition) is 2. The van der Waals surface area contributed by atoms with E-state index < -0.39 is 0 Å². The fourth-order valence-electron chi connectivity index (χ4n) is 3.41. The molecule has 0 aromatic carbocycles. The maximum Gasteiger partial charge on any atom is 0.0110 e. The van der Waals surface area contributed by atoms with Crippen LogP contribution in [0.1, 0.15) is 51.4 Å². The SMILES string of the molecule is CNC1CCCC(N(C)C2CCCC2)C1. The molecule has 2 aliphatic carbocycles. The number of hydrogen-bond donors (Lipinski definition) is 1. The van der Waals surface area contributed by atoms with Crippen LogP contribution < -0.4 is 5.32 Å². The zero-order valence-corrected chi connectivity index (χ0v) is 10.3. The van der Waals surface area contributed by atoms with Crippen molar-refractivity contribution < 1.29 is 0 Å². The monoisotopic (exact) mass is 210 g/mol. The topological polar surface area (TPSA) is 15.3 Å². The van der Waals surface area contributed by atoms with Gasteiger partial charge in [-0.2, -0.15) is 0 Å². The molecule has 88 valence electrons. The molecular formula is C13H26N2. The maximum atomic E-state index is 3.45. The Morgan fingerprint density at radius 1 is 0.933 bits per heavy atom. The van der Waals surface area contributed by atoms with Gasteiger partial charge >= 0.3 is 0 Å². The highest BCUT2D eigenvalue weighted by Crippen LogP contribution is 2.29. The molecule has 0 amide bonds. The molecular weight excluding hydrogens is 184 g/mol. The molecule has 0 radical (unpaired) electrons. The molecule has 2 nitrogen and oxygen atoms in total. The molecule has 0 aliphatic heterocycles. The molecule has 0 spiro atoms. The Morgan fingerprint density at radius 3 is 2.27 bits per heavy atom. The number of nitrogens with zero attached hydrogens (tertiary/aromatic N) is 1. The summed E-state index contributed by atoms with van der Waals surface area (Å²) in [5.74, 6) is 0. The first kappa shape index (κ1) is 11.4. The van der Waals surface area contributed by atoms with Gasteiger partial charge in [0.25, 0.3) is 0 Å². The van der Waals surface area contributed by atoms with Crippen molar-refractivity contribution in [2.75, 3.05) is 14.1 Å². The van der Waals surface area contributed by atoms with Crippen LogP contribution in [0.4, 0.5) is 0 Å². The van der Waals surface area contributed by atoms with E-state index >= 15 is 0 Å². The third kappa shape index (κ3) is 2.73. The lowest BCUT2D eigenvalue weighted by atomic mass is 9.89. The van der Waals surface area contributed by atoms with Crippen LogP contribution in [-0.2, 0) is 0 Å². The third-order valence-corrected chi connectivity index (χ3v) is 4.53. The van der Waals surface area contributed by atoms with Gasteiger partial charge < -0.3 is 10.2 Å². The highest BCUT2D eigenvalue weighted by molar-refractivity contribution is 4.86. The predicted molar refractivity (Wildman–Crippen MR) is 65.1 cm³/mol. The van der Waals surface area contributed by atoms with Crippen molar-refractivity contribution in [3.05, 3.63) is 0 Å². The average Bonchev–Trinajstić information content (AvgIpc) is 2.81. The molecule has 2 saturated carbocycles. The van der Waals surface area contributed by atoms with Crippen molar-refractivity contribution in [3.8, 4) is 0 Å². The van der Waals surface area contributed by atoms with E-state index in [-0.39, 0.29) is 0 Å². The first-order chi connectivity index (χ1) is 7.31. The van der Waals surface area contributed by atoms with Crippen molar-refractivity contribution in [1.29, 1.82) is 0 Å². The first-order valence-electron chi connectivity index (χ1n) is 6.70. The van der Waals surface area contributed by atoms with Crippen molar-refractivity contribution >= 4 is 0 Å². The van der Waals surface area contributed by atoms with Crippen LogP contribution in [0.5, 0.6) is 0 Å². The summed E-state index contributed by atoms with van der Waals surface area (Å²) in [5.41, 5.74) is 0. The molecule has 2 unspecified atom stereocenters. The summed E-state index contributed by atoms with van der Waals surface area (Å²) in [7, 11) is 4.47. The fraction of sp³-hybridized carbons (Fsp3) is 1.00. The van der Waals surface area contributed by atoms with Gasteiger partial charge in [0.05, 0.1) is 0 Å². The van der Waals surface area contributed by atoms with E-state index in [9.17, 15) is 0 Å². The number of rotatable bonds is 3. The molecule has 2 fully saturated rings. The molecule has 0 aromatic heterocycles. The van der Waals surface area contributed by atoms with E-state index in [1.165, 1.54) is 51.4 Å². The summed E-state index contributed by atoms with van der Waals surface area (Å²) in [6.45, 7) is 0. The highest BCUT2D eigenvalue weighted by atomic mass is 15.2. The second-order valence-electron chi connectivity index (χ2n) is 5.41. The van der Waals surface area contributed by atoms with Crippen LogP contribution in [0.15, 0.2) is 0 Å². The maximum absolute atomic E-state index is 3.45. The second-order valence-corrected chi connectivity index (χ2v) is 5.41. The van der Waals surface area contributed by atoms with Crippen molar-refractivity contribution in [2.24, 2.45) is 0 Å². The molecule has 0 bridgehead atoms. The summed E-state index contributed by atoms with van der Waals surface area (Å²) < 4.78 is 0. The molecule has 1 N–H and O–H groups in total. The van der Waals surface area contributed by atoms with E-state index in [0.717, 1.165) is 18.1 Å². The third-order valence-electron chi connectivity index (χ3n) is 4.53. The van der Waals surface area contributed by atoms with Crippen LogP contribution in [0.2, 0.25) is 0 Å². The lowest BCUT2D eigenvalue weighted by Gasteiger charge is -2.38. The Hall–Kier alpha value is -0.0800. The molecule has 15 heavy (non-hydrogen) atoms. The van der Waals surface area contributed by atoms with Gasteiger partial charge in [-0.05, 0) is 46.2 Å². The Kier molecular flexibility index (Phi) is 4.04. The van der Waals surface area contributed by atoms with Crippen LogP contribution in [0, 0.1) is 0 Å². The summed E-state index contributed by atoms with van der Waals surface area (Å²) in [6.07, 6.45) is 11.4. The normalized spacial score (nSPS) is 33.8. The predicted octanol–water partition coefficient (Wildman–Crippen LogP) is 2.39. The quantitative estimate of drug-likeness (QED) is 0.769. The fourth-order valence-corrected chi connectivity index (χ4v) is 3.41. The van der Waals surface area contributed by atoms with Crippen LogP contribution >= 0.6 is 0 Å². The average molecular weight is 210 g/mol. The van der Waals surface area contributed by atoms with Crippen molar-refractivity contribution in [1.82, 2.24) is 10.2 Å². The van der Waals surface area contributed by atoms with E-state index in [2.05, 4.69) is 24.3 Å². The zero-order valence-electron chi connectivity index (χ0n) is 10.3. The summed E-state index contributed by atoms with van der Waals surface area (Å²) in [6, 6.07) is 2.51. The highest BCUT2D eigenvalue weighted by Gasteiger charge is 2.29. The lowest BCUT2D eigenvalue weighted by molar-refractivity contribution is 0.126. The smallest absolute Gasteiger partial charge is 0.0110 e. The molecule has 0 heterocycles. The molecule has 2 heteroatoms. The lowest BCUT2D eigenvalue weighted by Crippen LogP contribution is -2.45. The van der Waals surface area contributed by atoms with Gasteiger partial charge in [-0.15, -0.1) is 0 Å². The van der Waals surface area contributed by atoms with E-state index in [0.29, 0.717) is 0 Å². The minimum Gasteiger partial charge on any atom is -0.317 e. The van der Waals surface area contributed by atoms with Gasteiger partial charge in [0.1, 0.15) is 0 Å². The van der Waals surface area contributed by atoms with Crippen LogP contribution in [0.25, 0.3) is 0 Å². The van der Waals surface area contributed by atoms with Gasteiger partial charge in [-0.25, -0.2) is 0 Å². The first-order valence-corrected chi connectivity index (χ1v) is 6.70. The molecule has 0 aromatic rings. The van der Waals surface area contributed by atoms with Crippen molar-refractivity contribution in [3.63, 3.8) is 0 Å². The Labute approximate surface area is 94.4 Å². The van der Waals surface area contributed by atoms with Gasteiger partial charge in [0, 0.05) is 18.1 Å². The van der Waals surface area contributed by atoms with Gasteiger partial charge in [0.2, 0.25) is 0 Å². The summed E-state index contributed by atoms with van der Waals surface area (Å²) in [4.78, 5) is 2.69. The molecule has 2 aliphatic rings. The van der Waals surface area contributed by atoms with Gasteiger partial charge in [-0.3, -0.25) is 0 Å². The minimum absolute atomic E-state index is 0.771. The Bertz CT molecular complexity index is 187. The Morgan fingerprint density at radius 2 is 1.60 bits per heavy atom. The summed E-state index contributed by atoms with van der Waals surface area (Å²) >= 11 is 0. The molecule has 2 rings (SSSR count). The number of nitrogens with one attached hydrogen (secondary N) is 1. The summed E-state index contributed by atoms with van der Waals surface area (Å²) in [5, 5.41) is 3.45. The molecule has 2 atom stereocenters. The van der Waals surface area contributed by atoms with Crippen LogP contribution in [-0.4, -0.2) is 37.1 Å². The Balaban J connectivity index is 1.85. The van der Waals surface area contributed by atoms with Crippen molar-refractivity contribution in [2.45, 2.75) is 69.5 Å².